The highest BCUT2D eigenvalue weighted by atomic mass is 16.3. The van der Waals surface area contributed by atoms with Crippen LogP contribution >= 0.6 is 0 Å². The zero-order valence-electron chi connectivity index (χ0n) is 11.0. The van der Waals surface area contributed by atoms with E-state index in [0.29, 0.717) is 5.56 Å². The average molecular weight is 236 g/mol. The molecule has 2 N–H and O–H groups in total. The SMILES string of the molecule is Cc1cc(C(=O)NC(C)(C)C(C)(C)O)ccn1. The first-order chi connectivity index (χ1) is 7.63. The molecule has 0 aromatic carbocycles. The molecule has 4 heteroatoms. The van der Waals surface area contributed by atoms with Gasteiger partial charge in [-0.15, -0.1) is 0 Å². The smallest absolute Gasteiger partial charge is 0.251 e. The first-order valence-corrected chi connectivity index (χ1v) is 5.61. The number of amides is 1. The van der Waals surface area contributed by atoms with Crippen LogP contribution in [0.25, 0.3) is 0 Å². The maximum absolute atomic E-state index is 12.0. The van der Waals surface area contributed by atoms with E-state index in [-0.39, 0.29) is 5.91 Å². The van der Waals surface area contributed by atoms with Crippen LogP contribution in [0.2, 0.25) is 0 Å². The molecule has 0 atom stereocenters. The number of aliphatic hydroxyl groups is 1. The van der Waals surface area contributed by atoms with Gasteiger partial charge in [-0.3, -0.25) is 9.78 Å². The van der Waals surface area contributed by atoms with Crippen LogP contribution in [-0.4, -0.2) is 27.1 Å². The van der Waals surface area contributed by atoms with E-state index >= 15 is 0 Å². The number of aryl methyl sites for hydroxylation is 1. The third-order valence-electron chi connectivity index (χ3n) is 3.11. The third-order valence-corrected chi connectivity index (χ3v) is 3.11. The second-order valence-corrected chi connectivity index (χ2v) is 5.32. The molecule has 0 aliphatic rings. The molecule has 1 heterocycles. The normalized spacial score (nSPS) is 12.4. The molecule has 17 heavy (non-hydrogen) atoms. The number of aromatic nitrogens is 1. The van der Waals surface area contributed by atoms with Gasteiger partial charge in [0.25, 0.3) is 5.91 Å². The topological polar surface area (TPSA) is 62.2 Å². The summed E-state index contributed by atoms with van der Waals surface area (Å²) in [4.78, 5) is 16.0. The van der Waals surface area contributed by atoms with Crippen LogP contribution in [-0.2, 0) is 0 Å². The Hall–Kier alpha value is -1.42. The molecule has 0 aliphatic heterocycles. The van der Waals surface area contributed by atoms with Crippen LogP contribution in [0.1, 0.15) is 43.7 Å². The van der Waals surface area contributed by atoms with Gasteiger partial charge in [-0.2, -0.15) is 0 Å². The van der Waals surface area contributed by atoms with Crippen LogP contribution < -0.4 is 5.32 Å². The Balaban J connectivity index is 2.87. The largest absolute Gasteiger partial charge is 0.388 e. The minimum absolute atomic E-state index is 0.206. The summed E-state index contributed by atoms with van der Waals surface area (Å²) in [5, 5.41) is 12.8. The van der Waals surface area contributed by atoms with Crippen molar-refractivity contribution in [1.82, 2.24) is 10.3 Å². The molecule has 1 rings (SSSR count). The minimum atomic E-state index is -0.995. The van der Waals surface area contributed by atoms with Crippen molar-refractivity contribution in [2.75, 3.05) is 0 Å². The van der Waals surface area contributed by atoms with Gasteiger partial charge in [-0.05, 0) is 46.8 Å². The minimum Gasteiger partial charge on any atom is -0.388 e. The Morgan fingerprint density at radius 3 is 2.41 bits per heavy atom. The van der Waals surface area contributed by atoms with Crippen LogP contribution in [0.5, 0.6) is 0 Å². The maximum atomic E-state index is 12.0. The number of carbonyl (C=O) groups is 1. The van der Waals surface area contributed by atoms with Crippen molar-refractivity contribution in [2.24, 2.45) is 0 Å². The molecule has 1 aromatic heterocycles. The maximum Gasteiger partial charge on any atom is 0.251 e. The highest BCUT2D eigenvalue weighted by Gasteiger charge is 2.36. The standard InChI is InChI=1S/C13H20N2O2/c1-9-8-10(6-7-14-9)11(16)15-12(2,3)13(4,5)17/h6-8,17H,1-5H3,(H,15,16). The molecule has 0 saturated heterocycles. The molecular formula is C13H20N2O2. The molecule has 0 spiro atoms. The van der Waals surface area contributed by atoms with Gasteiger partial charge in [0.05, 0.1) is 11.1 Å². The van der Waals surface area contributed by atoms with Gasteiger partial charge in [0.2, 0.25) is 0 Å². The van der Waals surface area contributed by atoms with Crippen molar-refractivity contribution in [3.63, 3.8) is 0 Å². The number of carbonyl (C=O) groups excluding carboxylic acids is 1. The summed E-state index contributed by atoms with van der Waals surface area (Å²) in [7, 11) is 0. The summed E-state index contributed by atoms with van der Waals surface area (Å²) in [6.45, 7) is 8.76. The lowest BCUT2D eigenvalue weighted by Gasteiger charge is -2.38. The Bertz CT molecular complexity index is 420. The van der Waals surface area contributed by atoms with Crippen LogP contribution in [0, 0.1) is 6.92 Å². The Morgan fingerprint density at radius 1 is 1.35 bits per heavy atom. The number of rotatable bonds is 3. The van der Waals surface area contributed by atoms with E-state index in [1.165, 1.54) is 0 Å². The predicted molar refractivity (Wildman–Crippen MR) is 66.8 cm³/mol. The van der Waals surface area contributed by atoms with Crippen molar-refractivity contribution in [1.29, 1.82) is 0 Å². The van der Waals surface area contributed by atoms with Gasteiger partial charge in [-0.1, -0.05) is 0 Å². The second-order valence-electron chi connectivity index (χ2n) is 5.32. The summed E-state index contributed by atoms with van der Waals surface area (Å²) in [6.07, 6.45) is 1.60. The fourth-order valence-electron chi connectivity index (χ4n) is 1.20. The highest BCUT2D eigenvalue weighted by Crippen LogP contribution is 2.21. The third kappa shape index (κ3) is 3.27. The molecule has 1 amide bonds. The second kappa shape index (κ2) is 4.45. The van der Waals surface area contributed by atoms with Gasteiger partial charge in [0.1, 0.15) is 0 Å². The van der Waals surface area contributed by atoms with Crippen LogP contribution in [0.4, 0.5) is 0 Å². The van der Waals surface area contributed by atoms with Gasteiger partial charge < -0.3 is 10.4 Å². The zero-order chi connectivity index (χ0) is 13.3. The van der Waals surface area contributed by atoms with Gasteiger partial charge in [0, 0.05) is 17.5 Å². The lowest BCUT2D eigenvalue weighted by atomic mass is 9.86. The fraction of sp³-hybridized carbons (Fsp3) is 0.538. The molecular weight excluding hydrogens is 216 g/mol. The van der Waals surface area contributed by atoms with E-state index in [1.807, 2.05) is 6.92 Å². The molecule has 0 bridgehead atoms. The van der Waals surface area contributed by atoms with E-state index in [0.717, 1.165) is 5.69 Å². The lowest BCUT2D eigenvalue weighted by molar-refractivity contribution is -0.00293. The Kier molecular flexibility index (Phi) is 3.57. The van der Waals surface area contributed by atoms with E-state index in [1.54, 1.807) is 46.0 Å². The number of hydrogen-bond donors (Lipinski definition) is 2. The van der Waals surface area contributed by atoms with E-state index in [2.05, 4.69) is 10.3 Å². The van der Waals surface area contributed by atoms with E-state index in [4.69, 9.17) is 0 Å². The van der Waals surface area contributed by atoms with Gasteiger partial charge >= 0.3 is 0 Å². The molecule has 0 fully saturated rings. The lowest BCUT2D eigenvalue weighted by Crippen LogP contribution is -2.57. The van der Waals surface area contributed by atoms with Crippen molar-refractivity contribution in [3.05, 3.63) is 29.6 Å². The van der Waals surface area contributed by atoms with Gasteiger partial charge in [-0.25, -0.2) is 0 Å². The van der Waals surface area contributed by atoms with Crippen molar-refractivity contribution < 1.29 is 9.90 Å². The number of nitrogens with zero attached hydrogens (tertiary/aromatic N) is 1. The molecule has 0 radical (unpaired) electrons. The number of pyridine rings is 1. The van der Waals surface area contributed by atoms with E-state index < -0.39 is 11.1 Å². The quantitative estimate of drug-likeness (QED) is 0.839. The van der Waals surface area contributed by atoms with Gasteiger partial charge in [0.15, 0.2) is 0 Å². The first-order valence-electron chi connectivity index (χ1n) is 5.61. The molecule has 1 aromatic rings. The summed E-state index contributed by atoms with van der Waals surface area (Å²) >= 11 is 0. The molecule has 0 unspecified atom stereocenters. The van der Waals surface area contributed by atoms with Crippen molar-refractivity contribution in [2.45, 2.75) is 45.8 Å². The Morgan fingerprint density at radius 2 is 1.94 bits per heavy atom. The summed E-state index contributed by atoms with van der Waals surface area (Å²) in [6, 6.07) is 3.37. The molecule has 0 saturated carbocycles. The zero-order valence-corrected chi connectivity index (χ0v) is 11.0. The molecule has 4 nitrogen and oxygen atoms in total. The molecule has 94 valence electrons. The first kappa shape index (κ1) is 13.6. The average Bonchev–Trinajstić information content (AvgIpc) is 2.15. The summed E-state index contributed by atoms with van der Waals surface area (Å²) < 4.78 is 0. The fourth-order valence-corrected chi connectivity index (χ4v) is 1.20. The summed E-state index contributed by atoms with van der Waals surface area (Å²) in [5.74, 6) is -0.206. The molecule has 0 aliphatic carbocycles. The monoisotopic (exact) mass is 236 g/mol. The Labute approximate surface area is 102 Å². The predicted octanol–water partition coefficient (Wildman–Crippen LogP) is 1.67. The van der Waals surface area contributed by atoms with Crippen LogP contribution in [0.3, 0.4) is 0 Å². The van der Waals surface area contributed by atoms with E-state index in [9.17, 15) is 9.90 Å². The summed E-state index contributed by atoms with van der Waals surface area (Å²) in [5.41, 5.74) is -0.361. The van der Waals surface area contributed by atoms with Crippen molar-refractivity contribution >= 4 is 5.91 Å². The highest BCUT2D eigenvalue weighted by molar-refractivity contribution is 5.94. The number of hydrogen-bond acceptors (Lipinski definition) is 3. The van der Waals surface area contributed by atoms with Crippen molar-refractivity contribution in [3.8, 4) is 0 Å². The number of nitrogens with one attached hydrogen (secondary N) is 1. The van der Waals surface area contributed by atoms with Crippen LogP contribution in [0.15, 0.2) is 18.3 Å².